The number of amides is 1. The highest BCUT2D eigenvalue weighted by atomic mass is 19.4. The summed E-state index contributed by atoms with van der Waals surface area (Å²) in [6, 6.07) is 13.3. The van der Waals surface area contributed by atoms with Crippen LogP contribution in [0, 0.1) is 0 Å². The van der Waals surface area contributed by atoms with Crippen molar-refractivity contribution in [2.75, 3.05) is 13.2 Å². The van der Waals surface area contributed by atoms with Gasteiger partial charge in [0.05, 0.1) is 12.2 Å². The van der Waals surface area contributed by atoms with E-state index in [1.165, 1.54) is 11.0 Å². The third-order valence-electron chi connectivity index (χ3n) is 3.94. The van der Waals surface area contributed by atoms with Crippen molar-refractivity contribution in [3.8, 4) is 0 Å². The summed E-state index contributed by atoms with van der Waals surface area (Å²) in [6.45, 7) is 1.66. The summed E-state index contributed by atoms with van der Waals surface area (Å²) in [7, 11) is 0. The molecule has 1 atom stereocenters. The van der Waals surface area contributed by atoms with Gasteiger partial charge in [-0.1, -0.05) is 36.4 Å². The second-order valence-electron chi connectivity index (χ2n) is 5.84. The normalized spacial score (nSPS) is 12.7. The third kappa shape index (κ3) is 5.06. The number of halogens is 3. The summed E-state index contributed by atoms with van der Waals surface area (Å²) in [5, 5.41) is 9.26. The Kier molecular flexibility index (Phi) is 6.20. The van der Waals surface area contributed by atoms with Crippen molar-refractivity contribution in [1.29, 1.82) is 0 Å². The molecule has 0 spiro atoms. The van der Waals surface area contributed by atoms with E-state index in [9.17, 15) is 23.1 Å². The summed E-state index contributed by atoms with van der Waals surface area (Å²) < 4.78 is 38.5. The van der Waals surface area contributed by atoms with Gasteiger partial charge < -0.3 is 10.0 Å². The molecule has 1 N–H and O–H groups in total. The van der Waals surface area contributed by atoms with Gasteiger partial charge >= 0.3 is 6.18 Å². The lowest BCUT2D eigenvalue weighted by atomic mass is 10.0. The van der Waals surface area contributed by atoms with Crippen molar-refractivity contribution in [3.05, 3.63) is 71.3 Å². The number of rotatable bonds is 6. The van der Waals surface area contributed by atoms with Crippen molar-refractivity contribution in [2.45, 2.75) is 25.6 Å². The molecule has 0 aromatic heterocycles. The SMILES string of the molecule is CC(Cc1cccc(C(F)(F)F)c1)N(CCO)C(=O)c1ccccc1. The maximum atomic E-state index is 12.8. The lowest BCUT2D eigenvalue weighted by Crippen LogP contribution is -2.41. The largest absolute Gasteiger partial charge is 0.416 e. The van der Waals surface area contributed by atoms with E-state index in [0.29, 0.717) is 11.1 Å². The Hall–Kier alpha value is -2.34. The first kappa shape index (κ1) is 19.0. The van der Waals surface area contributed by atoms with Crippen LogP contribution >= 0.6 is 0 Å². The lowest BCUT2D eigenvalue weighted by Gasteiger charge is -2.29. The molecule has 3 nitrogen and oxygen atoms in total. The summed E-state index contributed by atoms with van der Waals surface area (Å²) in [5.41, 5.74) is 0.262. The molecule has 2 aromatic rings. The second kappa shape index (κ2) is 8.16. The molecule has 1 unspecified atom stereocenters. The number of aliphatic hydroxyl groups is 1. The van der Waals surface area contributed by atoms with E-state index in [4.69, 9.17) is 0 Å². The maximum absolute atomic E-state index is 12.8. The van der Waals surface area contributed by atoms with Crippen LogP contribution in [-0.4, -0.2) is 35.1 Å². The topological polar surface area (TPSA) is 40.5 Å². The Labute approximate surface area is 144 Å². The van der Waals surface area contributed by atoms with E-state index in [1.807, 2.05) is 0 Å². The van der Waals surface area contributed by atoms with E-state index in [-0.39, 0.29) is 31.5 Å². The van der Waals surface area contributed by atoms with Crippen LogP contribution in [0.2, 0.25) is 0 Å². The first-order chi connectivity index (χ1) is 11.8. The first-order valence-electron chi connectivity index (χ1n) is 7.96. The summed E-state index contributed by atoms with van der Waals surface area (Å²) in [6.07, 6.45) is -4.13. The average Bonchev–Trinajstić information content (AvgIpc) is 2.59. The molecular formula is C19H20F3NO2. The Morgan fingerprint density at radius 2 is 1.80 bits per heavy atom. The van der Waals surface area contributed by atoms with E-state index in [0.717, 1.165) is 12.1 Å². The molecule has 0 aliphatic rings. The van der Waals surface area contributed by atoms with Crippen LogP contribution in [-0.2, 0) is 12.6 Å². The number of nitrogens with zero attached hydrogens (tertiary/aromatic N) is 1. The smallest absolute Gasteiger partial charge is 0.395 e. The minimum atomic E-state index is -4.40. The molecule has 1 amide bonds. The fourth-order valence-corrected chi connectivity index (χ4v) is 2.70. The average molecular weight is 351 g/mol. The van der Waals surface area contributed by atoms with Crippen LogP contribution in [0.15, 0.2) is 54.6 Å². The molecule has 0 heterocycles. The molecular weight excluding hydrogens is 331 g/mol. The molecule has 2 aromatic carbocycles. The van der Waals surface area contributed by atoms with E-state index < -0.39 is 11.7 Å². The van der Waals surface area contributed by atoms with Crippen LogP contribution in [0.3, 0.4) is 0 Å². The van der Waals surface area contributed by atoms with Gasteiger partial charge in [-0.25, -0.2) is 0 Å². The van der Waals surface area contributed by atoms with Crippen molar-refractivity contribution in [1.82, 2.24) is 4.90 Å². The zero-order valence-electron chi connectivity index (χ0n) is 13.8. The van der Waals surface area contributed by atoms with Gasteiger partial charge in [0.25, 0.3) is 5.91 Å². The maximum Gasteiger partial charge on any atom is 0.416 e. The van der Waals surface area contributed by atoms with Crippen LogP contribution in [0.4, 0.5) is 13.2 Å². The highest BCUT2D eigenvalue weighted by Gasteiger charge is 2.30. The highest BCUT2D eigenvalue weighted by Crippen LogP contribution is 2.30. The van der Waals surface area contributed by atoms with Crippen molar-refractivity contribution < 1.29 is 23.1 Å². The number of carbonyl (C=O) groups excluding carboxylic acids is 1. The fraction of sp³-hybridized carbons (Fsp3) is 0.316. The minimum absolute atomic E-state index is 0.119. The minimum Gasteiger partial charge on any atom is -0.395 e. The number of aliphatic hydroxyl groups excluding tert-OH is 1. The van der Waals surface area contributed by atoms with Gasteiger partial charge in [0.2, 0.25) is 0 Å². The molecule has 134 valence electrons. The number of hydrogen-bond acceptors (Lipinski definition) is 2. The Morgan fingerprint density at radius 3 is 2.40 bits per heavy atom. The number of benzene rings is 2. The zero-order chi connectivity index (χ0) is 18.4. The number of carbonyl (C=O) groups is 1. The monoisotopic (exact) mass is 351 g/mol. The Balaban J connectivity index is 2.18. The van der Waals surface area contributed by atoms with E-state index >= 15 is 0 Å². The molecule has 25 heavy (non-hydrogen) atoms. The molecule has 0 fully saturated rings. The van der Waals surface area contributed by atoms with Gasteiger partial charge in [-0.3, -0.25) is 4.79 Å². The highest BCUT2D eigenvalue weighted by molar-refractivity contribution is 5.94. The van der Waals surface area contributed by atoms with Gasteiger partial charge in [0.15, 0.2) is 0 Å². The van der Waals surface area contributed by atoms with Crippen LogP contribution in [0.5, 0.6) is 0 Å². The van der Waals surface area contributed by atoms with Gasteiger partial charge in [0.1, 0.15) is 0 Å². The van der Waals surface area contributed by atoms with Crippen LogP contribution in [0.25, 0.3) is 0 Å². The van der Waals surface area contributed by atoms with Gasteiger partial charge in [-0.2, -0.15) is 13.2 Å². The van der Waals surface area contributed by atoms with Crippen LogP contribution < -0.4 is 0 Å². The number of hydrogen-bond donors (Lipinski definition) is 1. The molecule has 0 radical (unpaired) electrons. The predicted molar refractivity (Wildman–Crippen MR) is 89.2 cm³/mol. The quantitative estimate of drug-likeness (QED) is 0.861. The lowest BCUT2D eigenvalue weighted by molar-refractivity contribution is -0.137. The zero-order valence-corrected chi connectivity index (χ0v) is 13.8. The van der Waals surface area contributed by atoms with Crippen molar-refractivity contribution >= 4 is 5.91 Å². The summed E-state index contributed by atoms with van der Waals surface area (Å²) in [4.78, 5) is 14.1. The number of alkyl halides is 3. The van der Waals surface area contributed by atoms with Crippen LogP contribution in [0.1, 0.15) is 28.4 Å². The molecule has 0 aliphatic carbocycles. The van der Waals surface area contributed by atoms with Gasteiger partial charge in [0, 0.05) is 18.2 Å². The van der Waals surface area contributed by atoms with Gasteiger partial charge in [-0.15, -0.1) is 0 Å². The predicted octanol–water partition coefficient (Wildman–Crippen LogP) is 3.77. The standard InChI is InChI=1S/C19H20F3NO2/c1-14(12-15-6-5-9-17(13-15)19(20,21)22)23(10-11-24)18(25)16-7-3-2-4-8-16/h2-9,13-14,24H,10-12H2,1H3. The molecule has 0 saturated carbocycles. The molecule has 2 rings (SSSR count). The molecule has 6 heteroatoms. The first-order valence-corrected chi connectivity index (χ1v) is 7.96. The Bertz CT molecular complexity index is 701. The second-order valence-corrected chi connectivity index (χ2v) is 5.84. The Morgan fingerprint density at radius 1 is 1.12 bits per heavy atom. The molecule has 0 saturated heterocycles. The van der Waals surface area contributed by atoms with Crippen molar-refractivity contribution in [3.63, 3.8) is 0 Å². The van der Waals surface area contributed by atoms with E-state index in [1.54, 1.807) is 43.3 Å². The molecule has 0 aliphatic heterocycles. The van der Waals surface area contributed by atoms with Crippen molar-refractivity contribution in [2.24, 2.45) is 0 Å². The third-order valence-corrected chi connectivity index (χ3v) is 3.94. The molecule has 0 bridgehead atoms. The fourth-order valence-electron chi connectivity index (χ4n) is 2.70. The summed E-state index contributed by atoms with van der Waals surface area (Å²) >= 11 is 0. The van der Waals surface area contributed by atoms with Gasteiger partial charge in [-0.05, 0) is 37.1 Å². The summed E-state index contributed by atoms with van der Waals surface area (Å²) in [5.74, 6) is -0.255. The van der Waals surface area contributed by atoms with E-state index in [2.05, 4.69) is 0 Å².